The van der Waals surface area contributed by atoms with E-state index < -0.39 is 5.97 Å². The molecule has 1 fully saturated rings. The second-order valence-electron chi connectivity index (χ2n) is 3.80. The minimum absolute atomic E-state index is 0.00606. The summed E-state index contributed by atoms with van der Waals surface area (Å²) in [5.41, 5.74) is 5.67. The Morgan fingerprint density at radius 2 is 2.00 bits per heavy atom. The first-order valence-electron chi connectivity index (χ1n) is 5.01. The van der Waals surface area contributed by atoms with Gasteiger partial charge in [0.1, 0.15) is 0 Å². The summed E-state index contributed by atoms with van der Waals surface area (Å²) in [5.74, 6) is -0.867. The lowest BCUT2D eigenvalue weighted by Gasteiger charge is -2.33. The summed E-state index contributed by atoms with van der Waals surface area (Å²) in [6.45, 7) is 3.52. The van der Waals surface area contributed by atoms with E-state index in [9.17, 15) is 9.59 Å². The van der Waals surface area contributed by atoms with Crippen molar-refractivity contribution < 1.29 is 14.7 Å². The monoisotopic (exact) mass is 215 g/mol. The molecule has 1 unspecified atom stereocenters. The fraction of sp³-hybridized carbons (Fsp3) is 0.778. The van der Waals surface area contributed by atoms with Gasteiger partial charge in [-0.25, -0.2) is 0 Å². The first kappa shape index (κ1) is 11.9. The maximum absolute atomic E-state index is 10.4. The number of nitrogens with zero attached hydrogens (tertiary/aromatic N) is 2. The Bertz CT molecular complexity index is 227. The van der Waals surface area contributed by atoms with Crippen LogP contribution in [0.15, 0.2) is 0 Å². The van der Waals surface area contributed by atoms with E-state index >= 15 is 0 Å². The Kier molecular flexibility index (Phi) is 4.51. The quantitative estimate of drug-likeness (QED) is 0.549. The van der Waals surface area contributed by atoms with Crippen LogP contribution in [0.4, 0.5) is 0 Å². The molecule has 0 saturated carbocycles. The van der Waals surface area contributed by atoms with Gasteiger partial charge in [-0.1, -0.05) is 0 Å². The number of rotatable bonds is 5. The molecule has 86 valence electrons. The van der Waals surface area contributed by atoms with Crippen molar-refractivity contribution in [1.82, 2.24) is 9.80 Å². The lowest BCUT2D eigenvalue weighted by molar-refractivity contribution is -0.137. The second kappa shape index (κ2) is 5.67. The van der Waals surface area contributed by atoms with Crippen molar-refractivity contribution in [3.8, 4) is 0 Å². The number of aliphatic carboxylic acids is 1. The molecule has 1 saturated heterocycles. The number of piperazine rings is 1. The van der Waals surface area contributed by atoms with Crippen molar-refractivity contribution in [3.63, 3.8) is 0 Å². The molecule has 0 radical (unpaired) electrons. The van der Waals surface area contributed by atoms with Crippen LogP contribution < -0.4 is 5.73 Å². The maximum atomic E-state index is 10.4. The van der Waals surface area contributed by atoms with Gasteiger partial charge in [-0.2, -0.15) is 0 Å². The predicted molar refractivity (Wildman–Crippen MR) is 54.3 cm³/mol. The molecule has 0 aliphatic carbocycles. The van der Waals surface area contributed by atoms with E-state index in [1.54, 1.807) is 4.90 Å². The van der Waals surface area contributed by atoms with Crippen LogP contribution in [0, 0.1) is 0 Å². The number of carboxylic acids is 1. The Labute approximate surface area is 88.6 Å². The van der Waals surface area contributed by atoms with Gasteiger partial charge in [-0.15, -0.1) is 0 Å². The normalized spacial score (nSPS) is 19.9. The van der Waals surface area contributed by atoms with Gasteiger partial charge < -0.3 is 15.7 Å². The van der Waals surface area contributed by atoms with Gasteiger partial charge in [0, 0.05) is 38.8 Å². The summed E-state index contributed by atoms with van der Waals surface area (Å²) in [6.07, 6.45) is 0.836. The Morgan fingerprint density at radius 3 is 2.47 bits per heavy atom. The van der Waals surface area contributed by atoms with Crippen LogP contribution in [-0.2, 0) is 9.59 Å². The van der Waals surface area contributed by atoms with Gasteiger partial charge in [-0.05, 0) is 0 Å². The van der Waals surface area contributed by atoms with Crippen molar-refractivity contribution >= 4 is 12.4 Å². The predicted octanol–water partition coefficient (Wildman–Crippen LogP) is -1.44. The van der Waals surface area contributed by atoms with Crippen LogP contribution in [0.5, 0.6) is 0 Å². The number of carbonyl (C=O) groups excluding carboxylic acids is 1. The fourth-order valence-electron chi connectivity index (χ4n) is 1.67. The van der Waals surface area contributed by atoms with Crippen LogP contribution in [0.2, 0.25) is 0 Å². The molecule has 1 amide bonds. The molecule has 1 atom stereocenters. The van der Waals surface area contributed by atoms with Gasteiger partial charge in [-0.3, -0.25) is 14.5 Å². The highest BCUT2D eigenvalue weighted by Gasteiger charge is 2.18. The van der Waals surface area contributed by atoms with E-state index in [1.165, 1.54) is 0 Å². The van der Waals surface area contributed by atoms with E-state index in [4.69, 9.17) is 10.8 Å². The zero-order valence-electron chi connectivity index (χ0n) is 8.63. The standard InChI is InChI=1S/C9H17N3O3/c10-8(5-9(14)15)6-11-1-3-12(7-13)4-2-11/h7-8H,1-6,10H2,(H,14,15). The van der Waals surface area contributed by atoms with E-state index in [0.717, 1.165) is 19.5 Å². The molecule has 0 spiro atoms. The number of amides is 1. The van der Waals surface area contributed by atoms with Gasteiger partial charge in [0.15, 0.2) is 0 Å². The lowest BCUT2D eigenvalue weighted by Crippen LogP contribution is -2.49. The molecule has 1 rings (SSSR count). The topological polar surface area (TPSA) is 86.9 Å². The highest BCUT2D eigenvalue weighted by molar-refractivity contribution is 5.67. The molecule has 0 aromatic rings. The highest BCUT2D eigenvalue weighted by Crippen LogP contribution is 2.01. The first-order chi connectivity index (χ1) is 7.11. The first-order valence-corrected chi connectivity index (χ1v) is 5.01. The molecule has 0 bridgehead atoms. The lowest BCUT2D eigenvalue weighted by atomic mass is 10.2. The van der Waals surface area contributed by atoms with E-state index in [1.807, 2.05) is 0 Å². The zero-order chi connectivity index (χ0) is 11.3. The Morgan fingerprint density at radius 1 is 1.40 bits per heavy atom. The third-order valence-corrected chi connectivity index (χ3v) is 2.49. The molecule has 0 aromatic carbocycles. The molecule has 0 aromatic heterocycles. The molecule has 3 N–H and O–H groups in total. The Hall–Kier alpha value is -1.14. The van der Waals surface area contributed by atoms with Gasteiger partial charge in [0.05, 0.1) is 6.42 Å². The number of nitrogens with two attached hydrogens (primary N) is 1. The summed E-state index contributed by atoms with van der Waals surface area (Å²) >= 11 is 0. The smallest absolute Gasteiger partial charge is 0.304 e. The average molecular weight is 215 g/mol. The van der Waals surface area contributed by atoms with Crippen molar-refractivity contribution in [3.05, 3.63) is 0 Å². The van der Waals surface area contributed by atoms with Gasteiger partial charge in [0.2, 0.25) is 6.41 Å². The van der Waals surface area contributed by atoms with Crippen molar-refractivity contribution in [2.75, 3.05) is 32.7 Å². The van der Waals surface area contributed by atoms with Gasteiger partial charge in [0.25, 0.3) is 0 Å². The second-order valence-corrected chi connectivity index (χ2v) is 3.80. The molecular formula is C9H17N3O3. The summed E-state index contributed by atoms with van der Waals surface area (Å²) in [5, 5.41) is 8.54. The molecule has 1 heterocycles. The van der Waals surface area contributed by atoms with Gasteiger partial charge >= 0.3 is 5.97 Å². The zero-order valence-corrected chi connectivity index (χ0v) is 8.63. The molecular weight excluding hydrogens is 198 g/mol. The van der Waals surface area contributed by atoms with Crippen LogP contribution in [0.25, 0.3) is 0 Å². The van der Waals surface area contributed by atoms with E-state index in [0.29, 0.717) is 19.6 Å². The minimum Gasteiger partial charge on any atom is -0.481 e. The summed E-state index contributed by atoms with van der Waals surface area (Å²) in [6, 6.07) is -0.328. The number of carboxylic acid groups (broad SMARTS) is 1. The molecule has 6 heteroatoms. The maximum Gasteiger partial charge on any atom is 0.304 e. The highest BCUT2D eigenvalue weighted by atomic mass is 16.4. The van der Waals surface area contributed by atoms with Crippen LogP contribution in [0.3, 0.4) is 0 Å². The summed E-state index contributed by atoms with van der Waals surface area (Å²) in [7, 11) is 0. The average Bonchev–Trinajstić information content (AvgIpc) is 2.17. The fourth-order valence-corrected chi connectivity index (χ4v) is 1.67. The van der Waals surface area contributed by atoms with Crippen molar-refractivity contribution in [2.45, 2.75) is 12.5 Å². The van der Waals surface area contributed by atoms with Crippen LogP contribution >= 0.6 is 0 Å². The Balaban J connectivity index is 2.23. The van der Waals surface area contributed by atoms with E-state index in [-0.39, 0.29) is 12.5 Å². The summed E-state index contributed by atoms with van der Waals surface area (Å²) in [4.78, 5) is 24.6. The summed E-state index contributed by atoms with van der Waals surface area (Å²) < 4.78 is 0. The van der Waals surface area contributed by atoms with Crippen LogP contribution in [-0.4, -0.2) is 66.1 Å². The molecule has 1 aliphatic heterocycles. The van der Waals surface area contributed by atoms with Crippen LogP contribution in [0.1, 0.15) is 6.42 Å². The molecule has 15 heavy (non-hydrogen) atoms. The number of carbonyl (C=O) groups is 2. The third kappa shape index (κ3) is 4.26. The van der Waals surface area contributed by atoms with E-state index in [2.05, 4.69) is 4.90 Å². The number of hydrogen-bond donors (Lipinski definition) is 2. The third-order valence-electron chi connectivity index (χ3n) is 2.49. The van der Waals surface area contributed by atoms with Crippen molar-refractivity contribution in [2.24, 2.45) is 5.73 Å². The largest absolute Gasteiger partial charge is 0.481 e. The van der Waals surface area contributed by atoms with Crippen molar-refractivity contribution in [1.29, 1.82) is 0 Å². The minimum atomic E-state index is -0.867. The molecule has 1 aliphatic rings. The molecule has 6 nitrogen and oxygen atoms in total. The SMILES string of the molecule is NC(CC(=O)O)CN1CCN(C=O)CC1. The number of hydrogen-bond acceptors (Lipinski definition) is 4.